The molecule has 6 nitrogen and oxygen atoms in total. The zero-order valence-corrected chi connectivity index (χ0v) is 12.9. The summed E-state index contributed by atoms with van der Waals surface area (Å²) in [6.07, 6.45) is 4.12. The summed E-state index contributed by atoms with van der Waals surface area (Å²) >= 11 is 1.48. The average Bonchev–Trinajstić information content (AvgIpc) is 2.75. The molecule has 0 aromatic carbocycles. The van der Waals surface area contributed by atoms with E-state index in [1.54, 1.807) is 0 Å². The highest BCUT2D eigenvalue weighted by molar-refractivity contribution is 7.90. The number of carboxylic acid groups (broad SMARTS) is 1. The number of aromatic nitrogens is 1. The van der Waals surface area contributed by atoms with Crippen molar-refractivity contribution in [3.63, 3.8) is 0 Å². The van der Waals surface area contributed by atoms with E-state index < -0.39 is 21.7 Å². The summed E-state index contributed by atoms with van der Waals surface area (Å²) in [5.74, 6) is -1.18. The van der Waals surface area contributed by atoms with Gasteiger partial charge >= 0.3 is 5.97 Å². The zero-order chi connectivity index (χ0) is 14.8. The number of anilines is 1. The molecule has 0 radical (unpaired) electrons. The molecule has 2 rings (SSSR count). The molecule has 112 valence electrons. The number of aliphatic carboxylic acids is 1. The maximum Gasteiger partial charge on any atom is 0.312 e. The number of fused-ring (bicyclic) bond motifs is 1. The molecule has 1 unspecified atom stereocenters. The zero-order valence-electron chi connectivity index (χ0n) is 11.3. The van der Waals surface area contributed by atoms with Crippen molar-refractivity contribution in [3.05, 3.63) is 10.6 Å². The molecule has 0 saturated carbocycles. The number of rotatable bonds is 6. The summed E-state index contributed by atoms with van der Waals surface area (Å²) in [6, 6.07) is 0. The van der Waals surface area contributed by atoms with Crippen LogP contribution in [0.15, 0.2) is 0 Å². The van der Waals surface area contributed by atoms with Gasteiger partial charge in [-0.25, -0.2) is 13.4 Å². The van der Waals surface area contributed by atoms with E-state index in [9.17, 15) is 18.3 Å². The Morgan fingerprint density at radius 2 is 2.30 bits per heavy atom. The highest BCUT2D eigenvalue weighted by Gasteiger charge is 2.29. The predicted octanol–water partition coefficient (Wildman–Crippen LogP) is 1.49. The first-order valence-electron chi connectivity index (χ1n) is 6.51. The largest absolute Gasteiger partial charge is 0.481 e. The van der Waals surface area contributed by atoms with Crippen LogP contribution in [0.1, 0.15) is 35.8 Å². The molecule has 1 atom stereocenters. The number of sulfone groups is 1. The van der Waals surface area contributed by atoms with E-state index in [4.69, 9.17) is 0 Å². The minimum atomic E-state index is -2.94. The molecule has 20 heavy (non-hydrogen) atoms. The van der Waals surface area contributed by atoms with Crippen LogP contribution in [-0.4, -0.2) is 43.0 Å². The molecule has 0 bridgehead atoms. The van der Waals surface area contributed by atoms with Gasteiger partial charge in [0.15, 0.2) is 5.13 Å². The molecule has 1 aromatic heterocycles. The Kier molecular flexibility index (Phi) is 4.64. The van der Waals surface area contributed by atoms with Crippen LogP contribution in [0.25, 0.3) is 0 Å². The van der Waals surface area contributed by atoms with Crippen molar-refractivity contribution in [2.24, 2.45) is 0 Å². The van der Waals surface area contributed by atoms with Gasteiger partial charge in [-0.1, -0.05) is 0 Å². The molecule has 1 aliphatic carbocycles. The van der Waals surface area contributed by atoms with Crippen LogP contribution >= 0.6 is 11.3 Å². The van der Waals surface area contributed by atoms with Gasteiger partial charge in [-0.15, -0.1) is 11.3 Å². The topological polar surface area (TPSA) is 96.4 Å². The average molecular weight is 318 g/mol. The lowest BCUT2D eigenvalue weighted by atomic mass is 9.91. The first-order chi connectivity index (χ1) is 9.37. The van der Waals surface area contributed by atoms with Crippen LogP contribution in [0.2, 0.25) is 0 Å². The monoisotopic (exact) mass is 318 g/mol. The van der Waals surface area contributed by atoms with Crippen molar-refractivity contribution in [3.8, 4) is 0 Å². The standard InChI is InChI=1S/C12H18N2O4S2/c1-20(17,18)7-3-6-13-12-14-10-8(11(15)16)4-2-5-9(10)19-12/h8H,2-7H2,1H3,(H,13,14)(H,15,16). The first-order valence-corrected chi connectivity index (χ1v) is 9.38. The van der Waals surface area contributed by atoms with E-state index in [-0.39, 0.29) is 5.75 Å². The predicted molar refractivity (Wildman–Crippen MR) is 78.2 cm³/mol. The number of carboxylic acids is 1. The van der Waals surface area contributed by atoms with Gasteiger partial charge < -0.3 is 10.4 Å². The number of hydrogen-bond donors (Lipinski definition) is 2. The number of nitrogens with zero attached hydrogens (tertiary/aromatic N) is 1. The van der Waals surface area contributed by atoms with E-state index >= 15 is 0 Å². The van der Waals surface area contributed by atoms with Gasteiger partial charge in [0.2, 0.25) is 0 Å². The minimum Gasteiger partial charge on any atom is -0.481 e. The van der Waals surface area contributed by atoms with E-state index in [1.165, 1.54) is 17.6 Å². The molecular formula is C12H18N2O4S2. The second-order valence-corrected chi connectivity index (χ2v) is 8.36. The van der Waals surface area contributed by atoms with Crippen LogP contribution in [0.4, 0.5) is 5.13 Å². The highest BCUT2D eigenvalue weighted by atomic mass is 32.2. The van der Waals surface area contributed by atoms with Gasteiger partial charge in [-0.3, -0.25) is 4.79 Å². The third-order valence-electron chi connectivity index (χ3n) is 3.22. The van der Waals surface area contributed by atoms with Gasteiger partial charge in [0.05, 0.1) is 11.4 Å². The van der Waals surface area contributed by atoms with Gasteiger partial charge in [-0.05, 0) is 25.7 Å². The van der Waals surface area contributed by atoms with Crippen LogP contribution in [-0.2, 0) is 21.1 Å². The van der Waals surface area contributed by atoms with Crippen molar-refractivity contribution < 1.29 is 18.3 Å². The first kappa shape index (κ1) is 15.2. The Morgan fingerprint density at radius 1 is 1.55 bits per heavy atom. The fourth-order valence-electron chi connectivity index (χ4n) is 2.26. The summed E-state index contributed by atoms with van der Waals surface area (Å²) in [5, 5.41) is 13.0. The fourth-order valence-corrected chi connectivity index (χ4v) is 4.02. The second kappa shape index (κ2) is 6.09. The Balaban J connectivity index is 1.96. The van der Waals surface area contributed by atoms with E-state index in [0.717, 1.165) is 17.7 Å². The van der Waals surface area contributed by atoms with Crippen molar-refractivity contribution in [1.29, 1.82) is 0 Å². The molecule has 1 heterocycles. The molecule has 1 aromatic rings. The minimum absolute atomic E-state index is 0.142. The number of thiazole rings is 1. The van der Waals surface area contributed by atoms with Crippen LogP contribution in [0.3, 0.4) is 0 Å². The van der Waals surface area contributed by atoms with Crippen LogP contribution in [0, 0.1) is 0 Å². The SMILES string of the molecule is CS(=O)(=O)CCCNc1nc2c(s1)CCCC2C(=O)O. The molecule has 0 fully saturated rings. The fraction of sp³-hybridized carbons (Fsp3) is 0.667. The van der Waals surface area contributed by atoms with E-state index in [1.807, 2.05) is 0 Å². The van der Waals surface area contributed by atoms with E-state index in [0.29, 0.717) is 30.2 Å². The van der Waals surface area contributed by atoms with Crippen molar-refractivity contribution in [1.82, 2.24) is 4.98 Å². The molecule has 0 saturated heterocycles. The number of hydrogen-bond acceptors (Lipinski definition) is 6. The lowest BCUT2D eigenvalue weighted by Gasteiger charge is -2.16. The lowest BCUT2D eigenvalue weighted by molar-refractivity contribution is -0.139. The van der Waals surface area contributed by atoms with Gasteiger partial charge in [-0.2, -0.15) is 0 Å². The Labute approximate surface area is 122 Å². The Bertz CT molecular complexity index is 595. The highest BCUT2D eigenvalue weighted by Crippen LogP contribution is 2.36. The third-order valence-corrected chi connectivity index (χ3v) is 5.34. The summed E-state index contributed by atoms with van der Waals surface area (Å²) in [5.41, 5.74) is 0.680. The lowest BCUT2D eigenvalue weighted by Crippen LogP contribution is -2.17. The second-order valence-electron chi connectivity index (χ2n) is 5.02. The normalized spacial score (nSPS) is 18.6. The summed E-state index contributed by atoms with van der Waals surface area (Å²) in [7, 11) is -2.94. The van der Waals surface area contributed by atoms with Crippen molar-refractivity contribution in [2.75, 3.05) is 23.9 Å². The molecule has 0 spiro atoms. The van der Waals surface area contributed by atoms with Gasteiger partial charge in [0.1, 0.15) is 15.8 Å². The number of nitrogens with one attached hydrogen (secondary N) is 1. The Hall–Kier alpha value is -1.15. The maximum absolute atomic E-state index is 11.2. The molecule has 0 amide bonds. The van der Waals surface area contributed by atoms with E-state index in [2.05, 4.69) is 10.3 Å². The number of aryl methyl sites for hydroxylation is 1. The molecule has 8 heteroatoms. The summed E-state index contributed by atoms with van der Waals surface area (Å²) in [4.78, 5) is 16.6. The van der Waals surface area contributed by atoms with Crippen molar-refractivity contribution >= 4 is 32.3 Å². The molecule has 0 aliphatic heterocycles. The van der Waals surface area contributed by atoms with Crippen LogP contribution < -0.4 is 5.32 Å². The Morgan fingerprint density at radius 3 is 2.95 bits per heavy atom. The van der Waals surface area contributed by atoms with Crippen molar-refractivity contribution in [2.45, 2.75) is 31.6 Å². The summed E-state index contributed by atoms with van der Waals surface area (Å²) in [6.45, 7) is 0.525. The van der Waals surface area contributed by atoms with Gasteiger partial charge in [0, 0.05) is 17.7 Å². The van der Waals surface area contributed by atoms with Gasteiger partial charge in [0.25, 0.3) is 0 Å². The quantitative estimate of drug-likeness (QED) is 0.772. The smallest absolute Gasteiger partial charge is 0.312 e. The third kappa shape index (κ3) is 3.92. The molecule has 2 N–H and O–H groups in total. The van der Waals surface area contributed by atoms with Crippen LogP contribution in [0.5, 0.6) is 0 Å². The molecule has 1 aliphatic rings. The maximum atomic E-state index is 11.2. The summed E-state index contributed by atoms with van der Waals surface area (Å²) < 4.78 is 22.0. The molecular weight excluding hydrogens is 300 g/mol. The number of carbonyl (C=O) groups is 1.